The molecule has 5 heterocycles. The largest absolute Gasteiger partial charge is 0.423 e. The average Bonchev–Trinajstić information content (AvgIpc) is 3.70. The van der Waals surface area contributed by atoms with Crippen LogP contribution in [0.5, 0.6) is 0 Å². The zero-order valence-corrected chi connectivity index (χ0v) is 23.8. The molecule has 2 saturated heterocycles. The zero-order valence-electron chi connectivity index (χ0n) is 23.8. The number of H-pyrrole nitrogens is 1. The molecule has 44 heavy (non-hydrogen) atoms. The van der Waals surface area contributed by atoms with Gasteiger partial charge in [-0.2, -0.15) is 18.3 Å². The van der Waals surface area contributed by atoms with Gasteiger partial charge in [-0.25, -0.2) is 15.1 Å². The molecule has 4 atom stereocenters. The number of amides is 1. The predicted octanol–water partition coefficient (Wildman–Crippen LogP) is 2.77. The van der Waals surface area contributed by atoms with Gasteiger partial charge in [0.15, 0.2) is 0 Å². The quantitative estimate of drug-likeness (QED) is 0.415. The lowest BCUT2D eigenvalue weighted by Gasteiger charge is -2.40. The lowest BCUT2D eigenvalue weighted by atomic mass is 10.0. The van der Waals surface area contributed by atoms with E-state index in [4.69, 9.17) is 4.74 Å². The normalized spacial score (nSPS) is 25.5. The van der Waals surface area contributed by atoms with Gasteiger partial charge in [0.25, 0.3) is 11.5 Å². The molecule has 0 bridgehead atoms. The van der Waals surface area contributed by atoms with Gasteiger partial charge < -0.3 is 24.5 Å². The van der Waals surface area contributed by atoms with Crippen molar-refractivity contribution in [3.8, 4) is 0 Å². The fourth-order valence-corrected chi connectivity index (χ4v) is 6.73. The number of hydrogen-bond donors (Lipinski definition) is 2. The smallest absolute Gasteiger partial charge is 0.389 e. The Kier molecular flexibility index (Phi) is 7.28. The maximum atomic E-state index is 13.9. The molecular formula is C30H32F3N7O4. The van der Waals surface area contributed by atoms with Gasteiger partial charge in [-0.05, 0) is 41.9 Å². The number of piperidine rings is 1. The Labute approximate surface area is 250 Å². The maximum absolute atomic E-state index is 13.9. The summed E-state index contributed by atoms with van der Waals surface area (Å²) < 4.78 is 47.9. The van der Waals surface area contributed by atoms with Crippen molar-refractivity contribution in [2.24, 2.45) is 0 Å². The summed E-state index contributed by atoms with van der Waals surface area (Å²) in [6.45, 7) is 1.34. The van der Waals surface area contributed by atoms with Crippen LogP contribution in [0.2, 0.25) is 0 Å². The molecule has 1 saturated carbocycles. The van der Waals surface area contributed by atoms with Gasteiger partial charge in [0, 0.05) is 45.0 Å². The number of aliphatic hydroxyl groups excluding tert-OH is 1. The van der Waals surface area contributed by atoms with Crippen LogP contribution in [0.1, 0.15) is 59.9 Å². The highest BCUT2D eigenvalue weighted by atomic mass is 19.4. The highest BCUT2D eigenvalue weighted by Gasteiger charge is 2.44. The Balaban J connectivity index is 1.03. The Morgan fingerprint density at radius 1 is 1.00 bits per heavy atom. The molecule has 2 unspecified atom stereocenters. The van der Waals surface area contributed by atoms with Crippen LogP contribution in [0.25, 0.3) is 0 Å². The van der Waals surface area contributed by atoms with E-state index in [9.17, 15) is 27.9 Å². The highest BCUT2D eigenvalue weighted by molar-refractivity contribution is 5.83. The molecule has 14 heteroatoms. The number of fused-ring (bicyclic) bond motifs is 1. The molecular weight excluding hydrogens is 579 g/mol. The number of anilines is 2. The summed E-state index contributed by atoms with van der Waals surface area (Å²) in [7, 11) is 0. The first-order valence-electron chi connectivity index (χ1n) is 14.9. The van der Waals surface area contributed by atoms with Crippen LogP contribution in [0.15, 0.2) is 47.7 Å². The third kappa shape index (κ3) is 5.30. The van der Waals surface area contributed by atoms with E-state index in [0.29, 0.717) is 44.3 Å². The molecule has 232 valence electrons. The molecule has 1 aromatic carbocycles. The van der Waals surface area contributed by atoms with Crippen molar-refractivity contribution in [3.63, 3.8) is 0 Å². The molecule has 1 amide bonds. The predicted molar refractivity (Wildman–Crippen MR) is 152 cm³/mol. The number of carbonyl (C=O) groups excluding carboxylic acids is 1. The standard InChI is InChI=1S/C30H32F3N7O4/c31-30(32,33)26-22(13-36-37-27(26)42)40-14-18-3-1-2-4-20(18)23(40)16-44-25-8-10-39(28(25)43)21-7-9-38(15-24(21)41)29-34-11-19(12-35-29)17-5-6-17/h1-4,11-13,17,21,23-25,41H,5-10,14-16H2,(H,37,42)/t21-,23?,24-,25?/m1/s1. The van der Waals surface area contributed by atoms with Crippen LogP contribution in [0, 0.1) is 0 Å². The van der Waals surface area contributed by atoms with E-state index in [0.717, 1.165) is 35.7 Å². The molecule has 2 N–H and O–H groups in total. The number of ether oxygens (including phenoxy) is 1. The monoisotopic (exact) mass is 611 g/mol. The summed E-state index contributed by atoms with van der Waals surface area (Å²) in [5.74, 6) is 0.867. The van der Waals surface area contributed by atoms with E-state index >= 15 is 0 Å². The van der Waals surface area contributed by atoms with E-state index in [1.54, 1.807) is 17.0 Å². The number of β-amino-alcohol motifs (C(OH)–C–C–N with tert-alkyl or cyclic N) is 1. The van der Waals surface area contributed by atoms with Gasteiger partial charge in [0.05, 0.1) is 36.7 Å². The third-order valence-electron chi connectivity index (χ3n) is 9.14. The van der Waals surface area contributed by atoms with Crippen LogP contribution in [-0.4, -0.2) is 80.6 Å². The fourth-order valence-electron chi connectivity index (χ4n) is 6.73. The van der Waals surface area contributed by atoms with Crippen molar-refractivity contribution in [1.82, 2.24) is 25.1 Å². The first kappa shape index (κ1) is 28.7. The topological polar surface area (TPSA) is 128 Å². The van der Waals surface area contributed by atoms with Gasteiger partial charge in [-0.1, -0.05) is 24.3 Å². The number of nitrogens with zero attached hydrogens (tertiary/aromatic N) is 6. The minimum Gasteiger partial charge on any atom is -0.389 e. The van der Waals surface area contributed by atoms with Crippen molar-refractivity contribution in [2.75, 3.05) is 36.0 Å². The van der Waals surface area contributed by atoms with Crippen LogP contribution in [0.3, 0.4) is 0 Å². The van der Waals surface area contributed by atoms with E-state index in [1.807, 2.05) is 34.5 Å². The molecule has 3 aromatic rings. The van der Waals surface area contributed by atoms with E-state index < -0.39 is 41.6 Å². The maximum Gasteiger partial charge on any atom is 0.423 e. The van der Waals surface area contributed by atoms with Crippen molar-refractivity contribution in [3.05, 3.63) is 75.5 Å². The highest BCUT2D eigenvalue weighted by Crippen LogP contribution is 2.43. The van der Waals surface area contributed by atoms with Gasteiger partial charge >= 0.3 is 6.18 Å². The van der Waals surface area contributed by atoms with Crippen molar-refractivity contribution >= 4 is 17.5 Å². The minimum absolute atomic E-state index is 0.0689. The Morgan fingerprint density at radius 3 is 2.50 bits per heavy atom. The zero-order chi connectivity index (χ0) is 30.6. The summed E-state index contributed by atoms with van der Waals surface area (Å²) in [6, 6.07) is 6.16. The average molecular weight is 612 g/mol. The summed E-state index contributed by atoms with van der Waals surface area (Å²) in [6.07, 6.45) is 1.47. The minimum atomic E-state index is -4.89. The second-order valence-corrected chi connectivity index (χ2v) is 11.9. The van der Waals surface area contributed by atoms with Crippen LogP contribution < -0.4 is 15.4 Å². The van der Waals surface area contributed by atoms with E-state index in [2.05, 4.69) is 15.1 Å². The van der Waals surface area contributed by atoms with Crippen LogP contribution in [0.4, 0.5) is 24.8 Å². The summed E-state index contributed by atoms with van der Waals surface area (Å²) in [5.41, 5.74) is -0.284. The number of rotatable bonds is 7. The molecule has 11 nitrogen and oxygen atoms in total. The van der Waals surface area contributed by atoms with Crippen molar-refractivity contribution < 1.29 is 27.8 Å². The van der Waals surface area contributed by atoms with E-state index in [1.165, 1.54) is 4.90 Å². The second-order valence-electron chi connectivity index (χ2n) is 11.9. The molecule has 0 radical (unpaired) electrons. The van der Waals surface area contributed by atoms with Crippen molar-refractivity contribution in [1.29, 1.82) is 0 Å². The van der Waals surface area contributed by atoms with E-state index in [-0.39, 0.29) is 24.7 Å². The van der Waals surface area contributed by atoms with Gasteiger partial charge in [0.2, 0.25) is 5.95 Å². The lowest BCUT2D eigenvalue weighted by Crippen LogP contribution is -2.55. The number of benzene rings is 1. The Hall–Kier alpha value is -4.04. The molecule has 2 aromatic heterocycles. The first-order chi connectivity index (χ1) is 21.2. The number of halogens is 3. The molecule has 3 fully saturated rings. The second kappa shape index (κ2) is 11.1. The Bertz CT molecular complexity index is 1600. The number of aliphatic hydroxyl groups is 1. The van der Waals surface area contributed by atoms with Gasteiger partial charge in [0.1, 0.15) is 11.7 Å². The van der Waals surface area contributed by atoms with Crippen molar-refractivity contribution in [2.45, 2.75) is 68.6 Å². The number of likely N-dealkylation sites (tertiary alicyclic amines) is 1. The summed E-state index contributed by atoms with van der Waals surface area (Å²) in [4.78, 5) is 39.7. The fraction of sp³-hybridized carbons (Fsp3) is 0.500. The summed E-state index contributed by atoms with van der Waals surface area (Å²) in [5, 5.41) is 16.6. The number of carbonyl (C=O) groups is 1. The van der Waals surface area contributed by atoms with Gasteiger partial charge in [-0.3, -0.25) is 9.59 Å². The molecule has 0 spiro atoms. The number of alkyl halides is 3. The lowest BCUT2D eigenvalue weighted by molar-refractivity contribution is -0.141. The number of aromatic nitrogens is 4. The first-order valence-corrected chi connectivity index (χ1v) is 14.9. The molecule has 7 rings (SSSR count). The van der Waals surface area contributed by atoms with Crippen LogP contribution >= 0.6 is 0 Å². The van der Waals surface area contributed by atoms with Crippen LogP contribution in [-0.2, 0) is 22.3 Å². The van der Waals surface area contributed by atoms with Gasteiger partial charge in [-0.15, -0.1) is 0 Å². The number of aromatic amines is 1. The molecule has 1 aliphatic carbocycles. The summed E-state index contributed by atoms with van der Waals surface area (Å²) >= 11 is 0. The Morgan fingerprint density at radius 2 is 1.77 bits per heavy atom. The molecule has 4 aliphatic rings. The SMILES string of the molecule is O=C1C(OCC2c3ccccc3CN2c2cn[nH]c(=O)c2C(F)(F)F)CCN1[C@@H]1CCN(c2ncc(C3CC3)cn2)C[C@H]1O. The number of nitrogens with one attached hydrogen (secondary N) is 1. The number of hydrogen-bond acceptors (Lipinski definition) is 9. The third-order valence-corrected chi connectivity index (χ3v) is 9.14. The molecule has 3 aliphatic heterocycles.